The molecule has 0 aliphatic carbocycles. The minimum absolute atomic E-state index is 0. The Morgan fingerprint density at radius 1 is 0.920 bits per heavy atom. The number of rotatable bonds is 13. The summed E-state index contributed by atoms with van der Waals surface area (Å²) in [4.78, 5) is 20.0. The Balaban J connectivity index is -0.000000372. The molecular weight excluding hydrogens is 375 g/mol. The molecule has 0 radical (unpaired) electrons. The van der Waals surface area contributed by atoms with Gasteiger partial charge in [-0.2, -0.15) is 14.8 Å². The summed E-state index contributed by atoms with van der Waals surface area (Å²) >= 11 is 0. The van der Waals surface area contributed by atoms with E-state index >= 15 is 0 Å². The predicted octanol–water partition coefficient (Wildman–Crippen LogP) is 0.547. The summed E-state index contributed by atoms with van der Waals surface area (Å²) < 4.78 is 28.7. The van der Waals surface area contributed by atoms with Crippen molar-refractivity contribution in [2.24, 2.45) is 0 Å². The van der Waals surface area contributed by atoms with Crippen molar-refractivity contribution in [1.82, 2.24) is 0 Å². The molecule has 0 saturated heterocycles. The zero-order valence-corrected chi connectivity index (χ0v) is 19.4. The topological polar surface area (TPSA) is 129 Å². The first-order valence-electron chi connectivity index (χ1n) is 8.36. The molecule has 3 N–H and O–H groups in total. The number of unbranched alkanes of at least 4 members (excludes halogenated alkanes) is 9. The number of hydrogen-bond acceptors (Lipinski definition) is 4. The number of hydrogen-bond donors (Lipinski definition) is 3. The molecular formula is C16H31KO7S. The van der Waals surface area contributed by atoms with Crippen LogP contribution in [0.1, 0.15) is 77.6 Å². The Morgan fingerprint density at radius 3 is 1.56 bits per heavy atom. The van der Waals surface area contributed by atoms with Crippen molar-refractivity contribution in [2.45, 2.75) is 82.8 Å². The van der Waals surface area contributed by atoms with Crippen molar-refractivity contribution >= 4 is 22.1 Å². The van der Waals surface area contributed by atoms with E-state index in [4.69, 9.17) is 14.8 Å². The van der Waals surface area contributed by atoms with Gasteiger partial charge in [0.25, 0.3) is 10.1 Å². The average molecular weight is 407 g/mol. The second kappa shape index (κ2) is 19.3. The molecule has 0 saturated carbocycles. The first-order valence-corrected chi connectivity index (χ1v) is 9.87. The van der Waals surface area contributed by atoms with Gasteiger partial charge in [-0.1, -0.05) is 64.7 Å². The van der Waals surface area contributed by atoms with Crippen LogP contribution in [-0.2, 0) is 19.7 Å². The quantitative estimate of drug-likeness (QED) is 0.176. The van der Waals surface area contributed by atoms with Gasteiger partial charge in [0.1, 0.15) is 0 Å². The summed E-state index contributed by atoms with van der Waals surface area (Å²) in [6, 6.07) is 0. The molecule has 0 aromatic heterocycles. The van der Waals surface area contributed by atoms with E-state index in [-0.39, 0.29) is 51.4 Å². The Bertz CT molecular complexity index is 428. The second-order valence-corrected chi connectivity index (χ2v) is 7.22. The largest absolute Gasteiger partial charge is 1.00 e. The monoisotopic (exact) mass is 406 g/mol. The second-order valence-electron chi connectivity index (χ2n) is 5.62. The first kappa shape index (κ1) is 30.2. The first-order chi connectivity index (χ1) is 11.2. The van der Waals surface area contributed by atoms with E-state index in [0.29, 0.717) is 0 Å². The van der Waals surface area contributed by atoms with Crippen LogP contribution in [0.25, 0.3) is 0 Å². The Labute approximate surface area is 194 Å². The number of carboxylic acids is 2. The summed E-state index contributed by atoms with van der Waals surface area (Å²) in [6.07, 6.45) is 12.7. The minimum atomic E-state index is -4.84. The van der Waals surface area contributed by atoms with Gasteiger partial charge in [-0.15, -0.1) is 0 Å². The smallest absolute Gasteiger partial charge is 0.481 e. The Kier molecular flexibility index (Phi) is 23.3. The maximum Gasteiger partial charge on any atom is 1.00 e. The summed E-state index contributed by atoms with van der Waals surface area (Å²) in [6.45, 7) is 6.12. The van der Waals surface area contributed by atoms with Crippen LogP contribution in [0.15, 0.2) is 0 Å². The van der Waals surface area contributed by atoms with Gasteiger partial charge in [0.15, 0.2) is 5.25 Å². The van der Waals surface area contributed by atoms with E-state index < -0.39 is 33.7 Å². The molecule has 0 bridgehead atoms. The van der Waals surface area contributed by atoms with Crippen molar-refractivity contribution in [3.63, 3.8) is 0 Å². The molecule has 0 spiro atoms. The fraction of sp³-hybridized carbons (Fsp3) is 0.812. The van der Waals surface area contributed by atoms with Gasteiger partial charge in [0.05, 0.1) is 6.42 Å². The van der Waals surface area contributed by atoms with Crippen LogP contribution in [0, 0.1) is 6.92 Å². The molecule has 0 fully saturated rings. The molecule has 0 aromatic rings. The summed E-state index contributed by atoms with van der Waals surface area (Å²) in [5.41, 5.74) is 0. The third-order valence-electron chi connectivity index (χ3n) is 3.35. The molecule has 7 nitrogen and oxygen atoms in total. The third kappa shape index (κ3) is 22.4. The van der Waals surface area contributed by atoms with Crippen LogP contribution < -0.4 is 51.4 Å². The number of aliphatic carboxylic acids is 2. The maximum atomic E-state index is 10.2. The molecule has 1 unspecified atom stereocenters. The molecule has 25 heavy (non-hydrogen) atoms. The zero-order valence-electron chi connectivity index (χ0n) is 15.4. The number of carbonyl (C=O) groups is 2. The minimum Gasteiger partial charge on any atom is -0.481 e. The van der Waals surface area contributed by atoms with E-state index in [1.165, 1.54) is 57.8 Å². The molecule has 0 heterocycles. The van der Waals surface area contributed by atoms with Gasteiger partial charge in [-0.3, -0.25) is 14.1 Å². The summed E-state index contributed by atoms with van der Waals surface area (Å²) in [7, 11) is -4.84. The van der Waals surface area contributed by atoms with Gasteiger partial charge < -0.3 is 17.1 Å². The van der Waals surface area contributed by atoms with Crippen molar-refractivity contribution in [2.75, 3.05) is 0 Å². The van der Waals surface area contributed by atoms with Crippen LogP contribution in [0.4, 0.5) is 0 Å². The molecule has 0 aromatic carbocycles. The molecule has 0 aliphatic heterocycles. The molecule has 0 rings (SSSR count). The van der Waals surface area contributed by atoms with E-state index in [1.54, 1.807) is 0 Å². The Hall–Kier alpha value is 0.486. The van der Waals surface area contributed by atoms with E-state index in [0.717, 1.165) is 6.42 Å². The van der Waals surface area contributed by atoms with Crippen molar-refractivity contribution in [3.8, 4) is 0 Å². The van der Waals surface area contributed by atoms with Crippen LogP contribution in [0.5, 0.6) is 0 Å². The summed E-state index contributed by atoms with van der Waals surface area (Å²) in [5.74, 6) is -3.50. The van der Waals surface area contributed by atoms with E-state index in [2.05, 4.69) is 13.8 Å². The maximum absolute atomic E-state index is 10.2. The molecule has 0 aliphatic rings. The molecule has 0 amide bonds. The standard InChI is InChI=1S/C12H25.C4H6O7S.K/c1-3-5-7-9-11-12-10-8-6-4-2;5-3(6)1-2(4(7)8)12(9,10)11;/h1,3-12H2,2H3;2H,1H2,(H,5,6)(H,7,8)(H,9,10,11);/q-1;;+1. The van der Waals surface area contributed by atoms with Crippen LogP contribution >= 0.6 is 0 Å². The van der Waals surface area contributed by atoms with Crippen LogP contribution in [0.3, 0.4) is 0 Å². The fourth-order valence-electron chi connectivity index (χ4n) is 1.97. The van der Waals surface area contributed by atoms with Gasteiger partial charge in [-0.25, -0.2) is 0 Å². The van der Waals surface area contributed by atoms with Crippen molar-refractivity contribution in [3.05, 3.63) is 6.92 Å². The van der Waals surface area contributed by atoms with Gasteiger partial charge in [-0.05, 0) is 0 Å². The molecule has 1 atom stereocenters. The van der Waals surface area contributed by atoms with Crippen molar-refractivity contribution < 1.29 is 84.2 Å². The fourth-order valence-corrected chi connectivity index (χ4v) is 2.57. The van der Waals surface area contributed by atoms with Gasteiger partial charge in [0, 0.05) is 0 Å². The zero-order chi connectivity index (χ0) is 19.0. The SMILES string of the molecule is O=C(O)CC(C(=O)O)S(=O)(=O)O.[CH2-]CCCCCCCCCCC.[K+]. The van der Waals surface area contributed by atoms with Gasteiger partial charge >= 0.3 is 63.3 Å². The normalized spacial score (nSPS) is 11.6. The van der Waals surface area contributed by atoms with Crippen LogP contribution in [-0.4, -0.2) is 40.4 Å². The molecule has 144 valence electrons. The molecule has 9 heteroatoms. The predicted molar refractivity (Wildman–Crippen MR) is 92.4 cm³/mol. The average Bonchev–Trinajstić information content (AvgIpc) is 2.47. The van der Waals surface area contributed by atoms with E-state index in [1.807, 2.05) is 0 Å². The number of carboxylic acid groups (broad SMARTS) is 2. The third-order valence-corrected chi connectivity index (χ3v) is 4.44. The van der Waals surface area contributed by atoms with Crippen LogP contribution in [0.2, 0.25) is 0 Å². The van der Waals surface area contributed by atoms with Gasteiger partial charge in [0.2, 0.25) is 0 Å². The summed E-state index contributed by atoms with van der Waals surface area (Å²) in [5, 5.41) is 13.9. The van der Waals surface area contributed by atoms with E-state index in [9.17, 15) is 18.0 Å². The van der Waals surface area contributed by atoms with Crippen molar-refractivity contribution in [1.29, 1.82) is 0 Å². The Morgan fingerprint density at radius 2 is 1.32 bits per heavy atom.